The Kier molecular flexibility index (Phi) is 7.44. The Balaban J connectivity index is 2.93. The van der Waals surface area contributed by atoms with Gasteiger partial charge in [0.05, 0.1) is 10.6 Å². The molecule has 1 aromatic rings. The molecule has 0 aliphatic carbocycles. The molecule has 1 aromatic carbocycles. The van der Waals surface area contributed by atoms with Gasteiger partial charge in [-0.2, -0.15) is 0 Å². The minimum atomic E-state index is -1.11. The number of hydrogen-bond acceptors (Lipinski definition) is 3. The van der Waals surface area contributed by atoms with E-state index in [-0.39, 0.29) is 16.5 Å². The molecule has 1 rings (SSSR count). The minimum absolute atomic E-state index is 0.0928. The van der Waals surface area contributed by atoms with Crippen LogP contribution < -0.4 is 16.0 Å². The molecule has 0 aliphatic rings. The zero-order valence-electron chi connectivity index (χ0n) is 15.6. The number of anilines is 1. The fourth-order valence-corrected chi connectivity index (χ4v) is 2.41. The highest BCUT2D eigenvalue weighted by molar-refractivity contribution is 6.34. The predicted molar refractivity (Wildman–Crippen MR) is 102 cm³/mol. The number of nitrogens with one attached hydrogen (secondary N) is 3. The fraction of sp³-hybridized carbons (Fsp3) is 0.500. The van der Waals surface area contributed by atoms with E-state index in [2.05, 4.69) is 16.0 Å². The number of carboxylic acid groups (broad SMARTS) is 1. The Labute approximate surface area is 158 Å². The van der Waals surface area contributed by atoms with Gasteiger partial charge in [0.1, 0.15) is 6.04 Å². The summed E-state index contributed by atoms with van der Waals surface area (Å²) in [4.78, 5) is 35.7. The fourth-order valence-electron chi connectivity index (χ4n) is 2.21. The van der Waals surface area contributed by atoms with Crippen LogP contribution in [0.15, 0.2) is 18.2 Å². The molecule has 0 fully saturated rings. The third kappa shape index (κ3) is 7.31. The van der Waals surface area contributed by atoms with Crippen LogP contribution in [0.5, 0.6) is 0 Å². The molecule has 0 aromatic heterocycles. The van der Waals surface area contributed by atoms with Crippen LogP contribution >= 0.6 is 11.6 Å². The van der Waals surface area contributed by atoms with Crippen LogP contribution in [0.3, 0.4) is 0 Å². The first-order valence-corrected chi connectivity index (χ1v) is 8.69. The summed E-state index contributed by atoms with van der Waals surface area (Å²) in [5.41, 5.74) is 0.0506. The van der Waals surface area contributed by atoms with Crippen LogP contribution in [0.2, 0.25) is 5.02 Å². The molecule has 26 heavy (non-hydrogen) atoms. The summed E-state index contributed by atoms with van der Waals surface area (Å²) in [6.07, 6.45) is 0.296. The highest BCUT2D eigenvalue weighted by atomic mass is 35.5. The molecular formula is C18H26ClN3O4. The SMILES string of the molecule is CC(C)C[C@@H](NC(=O)c1cc(NC(=O)NC(C)(C)C)ccc1Cl)C(=O)O. The Morgan fingerprint density at radius 3 is 2.31 bits per heavy atom. The van der Waals surface area contributed by atoms with Gasteiger partial charge in [-0.3, -0.25) is 4.79 Å². The van der Waals surface area contributed by atoms with Gasteiger partial charge < -0.3 is 21.1 Å². The Morgan fingerprint density at radius 2 is 1.81 bits per heavy atom. The van der Waals surface area contributed by atoms with Crippen molar-refractivity contribution in [2.24, 2.45) is 5.92 Å². The van der Waals surface area contributed by atoms with E-state index in [1.165, 1.54) is 12.1 Å². The number of hydrogen-bond donors (Lipinski definition) is 4. The smallest absolute Gasteiger partial charge is 0.326 e. The van der Waals surface area contributed by atoms with Crippen molar-refractivity contribution in [3.63, 3.8) is 0 Å². The molecule has 0 spiro atoms. The van der Waals surface area contributed by atoms with Crippen LogP contribution in [0.1, 0.15) is 51.4 Å². The van der Waals surface area contributed by atoms with Gasteiger partial charge in [0, 0.05) is 11.2 Å². The van der Waals surface area contributed by atoms with Crippen molar-refractivity contribution in [1.82, 2.24) is 10.6 Å². The monoisotopic (exact) mass is 383 g/mol. The standard InChI is InChI=1S/C18H26ClN3O4/c1-10(2)8-14(16(24)25)21-15(23)12-9-11(6-7-13(12)19)20-17(26)22-18(3,4)5/h6-7,9-10,14H,8H2,1-5H3,(H,21,23)(H,24,25)(H2,20,22,26)/t14-/m1/s1. The molecule has 0 bridgehead atoms. The van der Waals surface area contributed by atoms with Crippen molar-refractivity contribution in [1.29, 1.82) is 0 Å². The lowest BCUT2D eigenvalue weighted by atomic mass is 10.0. The van der Waals surface area contributed by atoms with Crippen LogP contribution in [0.25, 0.3) is 0 Å². The Morgan fingerprint density at radius 1 is 1.19 bits per heavy atom. The van der Waals surface area contributed by atoms with E-state index >= 15 is 0 Å². The van der Waals surface area contributed by atoms with Crippen molar-refractivity contribution in [3.8, 4) is 0 Å². The third-order valence-corrected chi connectivity index (χ3v) is 3.60. The van der Waals surface area contributed by atoms with Gasteiger partial charge in [-0.1, -0.05) is 25.4 Å². The molecule has 4 N–H and O–H groups in total. The van der Waals surface area contributed by atoms with Crippen molar-refractivity contribution in [2.75, 3.05) is 5.32 Å². The zero-order chi connectivity index (χ0) is 20.1. The van der Waals surface area contributed by atoms with E-state index < -0.39 is 29.5 Å². The third-order valence-electron chi connectivity index (χ3n) is 3.27. The number of halogens is 1. The largest absolute Gasteiger partial charge is 0.480 e. The molecule has 0 saturated heterocycles. The number of benzene rings is 1. The topological polar surface area (TPSA) is 108 Å². The first-order valence-electron chi connectivity index (χ1n) is 8.31. The summed E-state index contributed by atoms with van der Waals surface area (Å²) in [5, 5.41) is 17.3. The molecule has 0 saturated carbocycles. The lowest BCUT2D eigenvalue weighted by Gasteiger charge is -2.21. The van der Waals surface area contributed by atoms with Crippen molar-refractivity contribution < 1.29 is 19.5 Å². The van der Waals surface area contributed by atoms with Gasteiger partial charge in [-0.25, -0.2) is 9.59 Å². The maximum Gasteiger partial charge on any atom is 0.326 e. The summed E-state index contributed by atoms with van der Waals surface area (Å²) >= 11 is 6.07. The van der Waals surface area contributed by atoms with E-state index in [9.17, 15) is 19.5 Å². The molecule has 0 aliphatic heterocycles. The van der Waals surface area contributed by atoms with E-state index in [0.29, 0.717) is 12.1 Å². The molecule has 1 atom stereocenters. The van der Waals surface area contributed by atoms with Crippen LogP contribution in [0, 0.1) is 5.92 Å². The molecule has 7 nitrogen and oxygen atoms in total. The molecular weight excluding hydrogens is 358 g/mol. The average molecular weight is 384 g/mol. The predicted octanol–water partition coefficient (Wildman–Crippen LogP) is 3.49. The summed E-state index contributed by atoms with van der Waals surface area (Å²) in [6, 6.07) is 3.01. The molecule has 8 heteroatoms. The van der Waals surface area contributed by atoms with Crippen LogP contribution in [-0.2, 0) is 4.79 Å². The molecule has 0 unspecified atom stereocenters. The Hall–Kier alpha value is -2.28. The quantitative estimate of drug-likeness (QED) is 0.603. The summed E-state index contributed by atoms with van der Waals surface area (Å²) in [7, 11) is 0. The van der Waals surface area contributed by atoms with Crippen molar-refractivity contribution in [3.05, 3.63) is 28.8 Å². The van der Waals surface area contributed by atoms with E-state index in [4.69, 9.17) is 11.6 Å². The summed E-state index contributed by atoms with van der Waals surface area (Å²) in [6.45, 7) is 9.26. The number of carbonyl (C=O) groups excluding carboxylic acids is 2. The first-order chi connectivity index (χ1) is 11.9. The van der Waals surface area contributed by atoms with Gasteiger partial charge in [0.25, 0.3) is 5.91 Å². The van der Waals surface area contributed by atoms with Gasteiger partial charge in [-0.15, -0.1) is 0 Å². The lowest BCUT2D eigenvalue weighted by molar-refractivity contribution is -0.139. The number of aliphatic carboxylic acids is 1. The number of carboxylic acids is 1. The first kappa shape index (κ1) is 21.8. The van der Waals surface area contributed by atoms with Crippen LogP contribution in [0.4, 0.5) is 10.5 Å². The second-order valence-corrected chi connectivity index (χ2v) is 7.92. The van der Waals surface area contributed by atoms with Crippen molar-refractivity contribution >= 4 is 35.2 Å². The number of urea groups is 1. The number of rotatable bonds is 6. The van der Waals surface area contributed by atoms with Crippen molar-refractivity contribution in [2.45, 2.75) is 52.6 Å². The molecule has 3 amide bonds. The minimum Gasteiger partial charge on any atom is -0.480 e. The van der Waals surface area contributed by atoms with E-state index in [0.717, 1.165) is 0 Å². The van der Waals surface area contributed by atoms with E-state index in [1.54, 1.807) is 6.07 Å². The summed E-state index contributed by atoms with van der Waals surface area (Å²) < 4.78 is 0. The highest BCUT2D eigenvalue weighted by Gasteiger charge is 2.23. The van der Waals surface area contributed by atoms with Gasteiger partial charge in [0.15, 0.2) is 0 Å². The second-order valence-electron chi connectivity index (χ2n) is 7.52. The molecule has 0 radical (unpaired) electrons. The normalized spacial score (nSPS) is 12.4. The number of amides is 3. The van der Waals surface area contributed by atoms with Crippen LogP contribution in [-0.4, -0.2) is 34.6 Å². The molecule has 0 heterocycles. The highest BCUT2D eigenvalue weighted by Crippen LogP contribution is 2.21. The zero-order valence-corrected chi connectivity index (χ0v) is 16.4. The summed E-state index contributed by atoms with van der Waals surface area (Å²) in [5.74, 6) is -1.62. The molecule has 144 valence electrons. The average Bonchev–Trinajstić information content (AvgIpc) is 2.45. The maximum atomic E-state index is 12.4. The second kappa shape index (κ2) is 8.89. The van der Waals surface area contributed by atoms with Gasteiger partial charge in [-0.05, 0) is 51.3 Å². The van der Waals surface area contributed by atoms with Gasteiger partial charge >= 0.3 is 12.0 Å². The number of carbonyl (C=O) groups is 3. The lowest BCUT2D eigenvalue weighted by Crippen LogP contribution is -2.43. The van der Waals surface area contributed by atoms with Gasteiger partial charge in [0.2, 0.25) is 0 Å². The maximum absolute atomic E-state index is 12.4. The van der Waals surface area contributed by atoms with E-state index in [1.807, 2.05) is 34.6 Å². The Bertz CT molecular complexity index is 684.